The molecule has 0 unspecified atom stereocenters. The minimum Gasteiger partial charge on any atom is -0.256 e. The van der Waals surface area contributed by atoms with Crippen LogP contribution in [0, 0.1) is 10.5 Å². The van der Waals surface area contributed by atoms with E-state index in [0.717, 1.165) is 22.4 Å². The van der Waals surface area contributed by atoms with Crippen LogP contribution in [-0.4, -0.2) is 4.98 Å². The minimum atomic E-state index is 0.920. The van der Waals surface area contributed by atoms with E-state index in [9.17, 15) is 0 Å². The average Bonchev–Trinajstić information content (AvgIpc) is 2.88. The number of hydrogen-bond donors (Lipinski definition) is 0. The van der Waals surface area contributed by atoms with E-state index in [1.54, 1.807) is 0 Å². The van der Waals surface area contributed by atoms with Crippen molar-refractivity contribution in [2.75, 3.05) is 0 Å². The van der Waals surface area contributed by atoms with Crippen LogP contribution in [0.1, 0.15) is 16.8 Å². The lowest BCUT2D eigenvalue weighted by molar-refractivity contribution is 1.28. The zero-order valence-electron chi connectivity index (χ0n) is 19.0. The van der Waals surface area contributed by atoms with Crippen LogP contribution < -0.4 is 0 Å². The number of aromatic nitrogens is 1. The number of nitrogens with zero attached hydrogens (tertiary/aromatic N) is 1. The molecule has 34 heavy (non-hydrogen) atoms. The number of halogens is 1. The second kappa shape index (κ2) is 9.78. The molecule has 0 N–H and O–H groups in total. The molecule has 0 spiro atoms. The van der Waals surface area contributed by atoms with E-state index in [-0.39, 0.29) is 0 Å². The van der Waals surface area contributed by atoms with Crippen LogP contribution in [0.4, 0.5) is 0 Å². The molecule has 0 radical (unpaired) electrons. The van der Waals surface area contributed by atoms with Gasteiger partial charge in [-0.1, -0.05) is 79.4 Å². The number of rotatable bonds is 5. The molecule has 2 heteroatoms. The van der Waals surface area contributed by atoms with E-state index in [2.05, 4.69) is 139 Å². The largest absolute Gasteiger partial charge is 0.256 e. The van der Waals surface area contributed by atoms with Crippen LogP contribution in [-0.2, 0) is 0 Å². The van der Waals surface area contributed by atoms with Gasteiger partial charge in [0.2, 0.25) is 0 Å². The Hall–Kier alpha value is -3.50. The lowest BCUT2D eigenvalue weighted by Crippen LogP contribution is -1.89. The Morgan fingerprint density at radius 1 is 0.735 bits per heavy atom. The second-order valence-corrected chi connectivity index (χ2v) is 9.62. The summed E-state index contributed by atoms with van der Waals surface area (Å²) < 4.78 is 1.24. The van der Waals surface area contributed by atoms with Gasteiger partial charge in [0, 0.05) is 20.9 Å². The van der Waals surface area contributed by atoms with Gasteiger partial charge in [-0.2, -0.15) is 0 Å². The smallest absolute Gasteiger partial charge is 0.0702 e. The van der Waals surface area contributed by atoms with Crippen molar-refractivity contribution in [1.82, 2.24) is 4.98 Å². The molecule has 5 rings (SSSR count). The number of allylic oxidation sites excluding steroid dienone is 2. The molecule has 1 nitrogen and oxygen atoms in total. The highest BCUT2D eigenvalue weighted by Crippen LogP contribution is 2.29. The van der Waals surface area contributed by atoms with Crippen LogP contribution in [0.2, 0.25) is 0 Å². The Balaban J connectivity index is 1.47. The molecule has 0 atom stereocenters. The monoisotopic (exact) mass is 549 g/mol. The second-order valence-electron chi connectivity index (χ2n) is 8.38. The third-order valence-corrected chi connectivity index (χ3v) is 6.85. The summed E-state index contributed by atoms with van der Waals surface area (Å²) >= 11 is 2.34. The highest BCUT2D eigenvalue weighted by molar-refractivity contribution is 14.1. The quantitative estimate of drug-likeness (QED) is 0.157. The van der Waals surface area contributed by atoms with E-state index < -0.39 is 0 Å². The van der Waals surface area contributed by atoms with Crippen molar-refractivity contribution in [1.29, 1.82) is 0 Å². The molecule has 0 amide bonds. The molecule has 0 bridgehead atoms. The number of hydrogen-bond acceptors (Lipinski definition) is 1. The van der Waals surface area contributed by atoms with Gasteiger partial charge in [0.1, 0.15) is 0 Å². The fourth-order valence-electron chi connectivity index (χ4n) is 4.14. The molecule has 164 valence electrons. The molecule has 0 fully saturated rings. The third kappa shape index (κ3) is 4.73. The Kier molecular flexibility index (Phi) is 6.41. The van der Waals surface area contributed by atoms with Gasteiger partial charge in [-0.05, 0) is 105 Å². The van der Waals surface area contributed by atoms with Gasteiger partial charge in [-0.15, -0.1) is 0 Å². The molecular formula is C32H24IN. The van der Waals surface area contributed by atoms with Gasteiger partial charge in [-0.25, -0.2) is 0 Å². The van der Waals surface area contributed by atoms with E-state index in [1.165, 1.54) is 36.6 Å². The van der Waals surface area contributed by atoms with Gasteiger partial charge >= 0.3 is 0 Å². The molecule has 5 aromatic rings. The summed E-state index contributed by atoms with van der Waals surface area (Å²) in [6, 6.07) is 34.5. The number of benzene rings is 4. The predicted molar refractivity (Wildman–Crippen MR) is 155 cm³/mol. The van der Waals surface area contributed by atoms with E-state index in [4.69, 9.17) is 4.98 Å². The van der Waals surface area contributed by atoms with E-state index >= 15 is 0 Å². The summed E-state index contributed by atoms with van der Waals surface area (Å²) in [7, 11) is 0. The molecule has 0 aliphatic heterocycles. The SMILES string of the molecule is C=C/C(=C\c1ccccc1C)c1ccc(-c2ccc3ccc(-c4ccc(I)cc4)cc3c2)cn1. The van der Waals surface area contributed by atoms with Crippen LogP contribution in [0.5, 0.6) is 0 Å². The summed E-state index contributed by atoms with van der Waals surface area (Å²) in [5.74, 6) is 0. The average molecular weight is 549 g/mol. The van der Waals surface area contributed by atoms with Crippen LogP contribution in [0.25, 0.3) is 44.7 Å². The predicted octanol–water partition coefficient (Wildman–Crippen LogP) is 9.21. The lowest BCUT2D eigenvalue weighted by atomic mass is 9.98. The van der Waals surface area contributed by atoms with E-state index in [0.29, 0.717) is 0 Å². The van der Waals surface area contributed by atoms with Gasteiger partial charge in [-0.3, -0.25) is 4.98 Å². The Labute approximate surface area is 214 Å². The van der Waals surface area contributed by atoms with Gasteiger partial charge in [0.15, 0.2) is 0 Å². The van der Waals surface area contributed by atoms with Crippen LogP contribution in [0.3, 0.4) is 0 Å². The molecule has 4 aromatic carbocycles. The fourth-order valence-corrected chi connectivity index (χ4v) is 4.50. The summed E-state index contributed by atoms with van der Waals surface area (Å²) in [4.78, 5) is 4.77. The lowest BCUT2D eigenvalue weighted by Gasteiger charge is -2.09. The molecule has 1 heterocycles. The minimum absolute atomic E-state index is 0.920. The molecule has 1 aromatic heterocycles. The molecular weight excluding hydrogens is 525 g/mol. The topological polar surface area (TPSA) is 12.9 Å². The van der Waals surface area contributed by atoms with Crippen LogP contribution in [0.15, 0.2) is 116 Å². The van der Waals surface area contributed by atoms with Gasteiger partial charge < -0.3 is 0 Å². The Bertz CT molecular complexity index is 1510. The maximum Gasteiger partial charge on any atom is 0.0702 e. The third-order valence-electron chi connectivity index (χ3n) is 6.13. The summed E-state index contributed by atoms with van der Waals surface area (Å²) in [5, 5.41) is 2.46. The normalized spacial score (nSPS) is 11.5. The van der Waals surface area contributed by atoms with Crippen molar-refractivity contribution in [3.8, 4) is 22.3 Å². The summed E-state index contributed by atoms with van der Waals surface area (Å²) in [6.45, 7) is 6.13. The van der Waals surface area contributed by atoms with Crippen molar-refractivity contribution < 1.29 is 0 Å². The first-order chi connectivity index (χ1) is 16.6. The first-order valence-electron chi connectivity index (χ1n) is 11.3. The van der Waals surface area contributed by atoms with Crippen molar-refractivity contribution in [3.05, 3.63) is 136 Å². The standard InChI is InChI=1S/C32H24IN/c1-3-23(18-26-7-5-4-6-22(26)2)32-17-14-29(21-34-32)28-11-9-25-8-10-27(19-30(25)20-28)24-12-15-31(33)16-13-24/h3-21H,1H2,2H3/b23-18+. The Morgan fingerprint density at radius 2 is 1.38 bits per heavy atom. The number of aryl methyl sites for hydroxylation is 1. The van der Waals surface area contributed by atoms with Gasteiger partial charge in [0.05, 0.1) is 5.69 Å². The number of fused-ring (bicyclic) bond motifs is 1. The van der Waals surface area contributed by atoms with Crippen LogP contribution >= 0.6 is 22.6 Å². The summed E-state index contributed by atoms with van der Waals surface area (Å²) in [6.07, 6.45) is 5.97. The zero-order chi connectivity index (χ0) is 23.5. The highest BCUT2D eigenvalue weighted by Gasteiger charge is 2.06. The van der Waals surface area contributed by atoms with Crippen molar-refractivity contribution in [2.45, 2.75) is 6.92 Å². The first kappa shape index (κ1) is 22.3. The van der Waals surface area contributed by atoms with Crippen molar-refractivity contribution in [3.63, 3.8) is 0 Å². The van der Waals surface area contributed by atoms with Gasteiger partial charge in [0.25, 0.3) is 0 Å². The zero-order valence-corrected chi connectivity index (χ0v) is 21.2. The van der Waals surface area contributed by atoms with Crippen molar-refractivity contribution in [2.24, 2.45) is 0 Å². The maximum absolute atomic E-state index is 4.77. The maximum atomic E-state index is 4.77. The summed E-state index contributed by atoms with van der Waals surface area (Å²) in [5.41, 5.74) is 9.08. The fraction of sp³-hybridized carbons (Fsp3) is 0.0312. The van der Waals surface area contributed by atoms with Crippen molar-refractivity contribution >= 4 is 45.0 Å². The molecule has 0 aliphatic rings. The number of pyridine rings is 1. The molecule has 0 saturated carbocycles. The first-order valence-corrected chi connectivity index (χ1v) is 12.3. The Morgan fingerprint density at radius 3 is 2.03 bits per heavy atom. The molecule has 0 saturated heterocycles. The molecule has 0 aliphatic carbocycles. The van der Waals surface area contributed by atoms with E-state index in [1.807, 2.05) is 12.3 Å². The highest BCUT2D eigenvalue weighted by atomic mass is 127.